The SMILES string of the molecule is [C-]#[N+]c1ccc(NC(=O)C(C)(O)CNc2ccc(NC(C)=O)cc2)cc1C(F)(F)F. The molecule has 1 unspecified atom stereocenters. The second-order valence-electron chi connectivity index (χ2n) is 6.68. The lowest BCUT2D eigenvalue weighted by molar-refractivity contribution is -0.137. The van der Waals surface area contributed by atoms with Crippen LogP contribution in [0.25, 0.3) is 4.85 Å². The van der Waals surface area contributed by atoms with Gasteiger partial charge in [-0.1, -0.05) is 6.07 Å². The highest BCUT2D eigenvalue weighted by atomic mass is 19.4. The maximum absolute atomic E-state index is 13.1. The molecule has 2 amide bonds. The zero-order valence-electron chi connectivity index (χ0n) is 16.1. The van der Waals surface area contributed by atoms with Gasteiger partial charge in [0.2, 0.25) is 5.91 Å². The van der Waals surface area contributed by atoms with E-state index in [4.69, 9.17) is 6.57 Å². The number of benzene rings is 2. The summed E-state index contributed by atoms with van der Waals surface area (Å²) in [7, 11) is 0. The molecule has 0 aromatic heterocycles. The molecule has 0 aliphatic rings. The minimum Gasteiger partial charge on any atom is -0.382 e. The van der Waals surface area contributed by atoms with Crippen molar-refractivity contribution in [2.75, 3.05) is 22.5 Å². The van der Waals surface area contributed by atoms with Crippen LogP contribution in [0.3, 0.4) is 0 Å². The zero-order valence-corrected chi connectivity index (χ0v) is 16.1. The van der Waals surface area contributed by atoms with Crippen molar-refractivity contribution in [2.45, 2.75) is 25.6 Å². The van der Waals surface area contributed by atoms with Gasteiger partial charge in [0.05, 0.1) is 18.7 Å². The fourth-order valence-electron chi connectivity index (χ4n) is 2.43. The highest BCUT2D eigenvalue weighted by Gasteiger charge is 2.35. The summed E-state index contributed by atoms with van der Waals surface area (Å²) in [6.45, 7) is 9.17. The molecule has 30 heavy (non-hydrogen) atoms. The lowest BCUT2D eigenvalue weighted by Gasteiger charge is -2.23. The number of aliphatic hydroxyl groups is 1. The van der Waals surface area contributed by atoms with Crippen LogP contribution in [-0.4, -0.2) is 29.1 Å². The van der Waals surface area contributed by atoms with Crippen LogP contribution >= 0.6 is 0 Å². The van der Waals surface area contributed by atoms with Gasteiger partial charge in [-0.15, -0.1) is 0 Å². The highest BCUT2D eigenvalue weighted by molar-refractivity contribution is 5.97. The summed E-state index contributed by atoms with van der Waals surface area (Å²) in [5.41, 5.74) is -2.78. The van der Waals surface area contributed by atoms with E-state index in [1.165, 1.54) is 13.8 Å². The van der Waals surface area contributed by atoms with Crippen molar-refractivity contribution < 1.29 is 27.9 Å². The van der Waals surface area contributed by atoms with Crippen LogP contribution in [0.15, 0.2) is 42.5 Å². The van der Waals surface area contributed by atoms with Crippen molar-refractivity contribution in [3.8, 4) is 0 Å². The first-order valence-electron chi connectivity index (χ1n) is 8.66. The minimum absolute atomic E-state index is 0.195. The average molecular weight is 420 g/mol. The first-order chi connectivity index (χ1) is 13.9. The van der Waals surface area contributed by atoms with Gasteiger partial charge in [0.25, 0.3) is 5.91 Å². The molecule has 0 saturated heterocycles. The third kappa shape index (κ3) is 5.96. The summed E-state index contributed by atoms with van der Waals surface area (Å²) < 4.78 is 39.2. The lowest BCUT2D eigenvalue weighted by atomic mass is 10.1. The van der Waals surface area contributed by atoms with Crippen LogP contribution in [0.2, 0.25) is 0 Å². The quantitative estimate of drug-likeness (QED) is 0.531. The molecule has 0 saturated carbocycles. The fourth-order valence-corrected chi connectivity index (χ4v) is 2.43. The van der Waals surface area contributed by atoms with E-state index in [2.05, 4.69) is 20.8 Å². The molecular formula is C20H19F3N4O3. The average Bonchev–Trinajstić information content (AvgIpc) is 2.66. The molecule has 0 fully saturated rings. The third-order valence-corrected chi connectivity index (χ3v) is 4.01. The molecule has 4 N–H and O–H groups in total. The van der Waals surface area contributed by atoms with Crippen molar-refractivity contribution in [2.24, 2.45) is 0 Å². The smallest absolute Gasteiger partial charge is 0.382 e. The van der Waals surface area contributed by atoms with Crippen LogP contribution in [0.5, 0.6) is 0 Å². The topological polar surface area (TPSA) is 94.8 Å². The summed E-state index contributed by atoms with van der Waals surface area (Å²) >= 11 is 0. The van der Waals surface area contributed by atoms with E-state index in [9.17, 15) is 27.9 Å². The molecule has 2 rings (SSSR count). The second kappa shape index (κ2) is 8.84. The molecule has 0 radical (unpaired) electrons. The van der Waals surface area contributed by atoms with E-state index in [-0.39, 0.29) is 18.1 Å². The number of anilines is 3. The van der Waals surface area contributed by atoms with Crippen molar-refractivity contribution in [3.63, 3.8) is 0 Å². The first kappa shape index (κ1) is 22.7. The summed E-state index contributed by atoms with van der Waals surface area (Å²) in [6, 6.07) is 9.25. The van der Waals surface area contributed by atoms with E-state index >= 15 is 0 Å². The van der Waals surface area contributed by atoms with E-state index in [1.54, 1.807) is 24.3 Å². The maximum Gasteiger partial charge on any atom is 0.407 e. The first-order valence-corrected chi connectivity index (χ1v) is 8.66. The number of hydrogen-bond acceptors (Lipinski definition) is 4. The Hall–Kier alpha value is -3.58. The second-order valence-corrected chi connectivity index (χ2v) is 6.68. The largest absolute Gasteiger partial charge is 0.407 e. The normalized spacial score (nSPS) is 13.0. The van der Waals surface area contributed by atoms with E-state index in [0.717, 1.165) is 12.1 Å². The van der Waals surface area contributed by atoms with Gasteiger partial charge in [-0.3, -0.25) is 9.59 Å². The molecule has 0 bridgehead atoms. The Morgan fingerprint density at radius 1 is 1.03 bits per heavy atom. The van der Waals surface area contributed by atoms with Crippen molar-refractivity contribution in [1.29, 1.82) is 0 Å². The van der Waals surface area contributed by atoms with E-state index in [1.807, 2.05) is 0 Å². The van der Waals surface area contributed by atoms with Crippen LogP contribution in [-0.2, 0) is 15.8 Å². The van der Waals surface area contributed by atoms with Gasteiger partial charge >= 0.3 is 6.18 Å². The number of hydrogen-bond donors (Lipinski definition) is 4. The van der Waals surface area contributed by atoms with Gasteiger partial charge in [-0.2, -0.15) is 13.2 Å². The Kier molecular flexibility index (Phi) is 6.69. The summed E-state index contributed by atoms with van der Waals surface area (Å²) in [5.74, 6) is -1.15. The molecule has 0 spiro atoms. The Bertz CT molecular complexity index is 980. The molecular weight excluding hydrogens is 401 g/mol. The Balaban J connectivity index is 2.05. The van der Waals surface area contributed by atoms with Crippen LogP contribution in [0.1, 0.15) is 19.4 Å². The number of carbonyl (C=O) groups is 2. The maximum atomic E-state index is 13.1. The van der Waals surface area contributed by atoms with Crippen molar-refractivity contribution in [3.05, 3.63) is 59.4 Å². The number of nitrogens with zero attached hydrogens (tertiary/aromatic N) is 1. The third-order valence-electron chi connectivity index (χ3n) is 4.01. The van der Waals surface area contributed by atoms with E-state index < -0.39 is 28.9 Å². The molecule has 2 aromatic carbocycles. The highest BCUT2D eigenvalue weighted by Crippen LogP contribution is 2.38. The van der Waals surface area contributed by atoms with Gasteiger partial charge in [0.15, 0.2) is 11.3 Å². The molecule has 1 atom stereocenters. The monoisotopic (exact) mass is 420 g/mol. The molecule has 0 aliphatic heterocycles. The van der Waals surface area contributed by atoms with Gasteiger partial charge in [-0.05, 0) is 43.3 Å². The summed E-state index contributed by atoms with van der Waals surface area (Å²) in [6.07, 6.45) is -4.76. The number of amides is 2. The van der Waals surface area contributed by atoms with Gasteiger partial charge in [-0.25, -0.2) is 4.85 Å². The summed E-state index contributed by atoms with van der Waals surface area (Å²) in [5, 5.41) is 18.1. The number of alkyl halides is 3. The zero-order chi connectivity index (χ0) is 22.5. The molecule has 7 nitrogen and oxygen atoms in total. The number of nitrogens with one attached hydrogen (secondary N) is 3. The van der Waals surface area contributed by atoms with Crippen LogP contribution in [0, 0.1) is 6.57 Å². The predicted molar refractivity (Wildman–Crippen MR) is 106 cm³/mol. The van der Waals surface area contributed by atoms with Gasteiger partial charge < -0.3 is 21.1 Å². The lowest BCUT2D eigenvalue weighted by Crippen LogP contribution is -2.45. The summed E-state index contributed by atoms with van der Waals surface area (Å²) in [4.78, 5) is 26.2. The van der Waals surface area contributed by atoms with Crippen molar-refractivity contribution in [1.82, 2.24) is 0 Å². The molecule has 158 valence electrons. The van der Waals surface area contributed by atoms with E-state index in [0.29, 0.717) is 17.4 Å². The standard InChI is InChI=1S/C20H19F3N4O3/c1-12(28)26-14-6-4-13(5-7-14)25-11-19(2,30)18(29)27-15-8-9-17(24-3)16(10-15)20(21,22)23/h4-10,25,30H,11H2,1-2H3,(H,26,28)(H,27,29). The van der Waals surface area contributed by atoms with Crippen LogP contribution in [0.4, 0.5) is 35.9 Å². The Labute approximate surface area is 170 Å². The predicted octanol–water partition coefficient (Wildman–Crippen LogP) is 4.02. The molecule has 0 heterocycles. The fraction of sp³-hybridized carbons (Fsp3) is 0.250. The Morgan fingerprint density at radius 3 is 2.13 bits per heavy atom. The minimum atomic E-state index is -4.76. The number of halogens is 3. The molecule has 2 aromatic rings. The Morgan fingerprint density at radius 2 is 1.60 bits per heavy atom. The van der Waals surface area contributed by atoms with Crippen LogP contribution < -0.4 is 16.0 Å². The number of rotatable bonds is 6. The van der Waals surface area contributed by atoms with Crippen molar-refractivity contribution >= 4 is 34.6 Å². The number of carbonyl (C=O) groups excluding carboxylic acids is 2. The molecule has 10 heteroatoms. The molecule has 0 aliphatic carbocycles. The van der Waals surface area contributed by atoms with Gasteiger partial charge in [0, 0.05) is 24.0 Å². The van der Waals surface area contributed by atoms with Gasteiger partial charge in [0.1, 0.15) is 0 Å².